The van der Waals surface area contributed by atoms with Gasteiger partial charge in [-0.25, -0.2) is 19.4 Å². The number of hydrogen-bond donors (Lipinski definition) is 0. The fourth-order valence-corrected chi connectivity index (χ4v) is 5.27. The van der Waals surface area contributed by atoms with Gasteiger partial charge in [-0.1, -0.05) is 0 Å². The summed E-state index contributed by atoms with van der Waals surface area (Å²) in [5.74, 6) is -3.56. The van der Waals surface area contributed by atoms with Crippen LogP contribution in [0.5, 0.6) is 0 Å². The molecule has 0 atom stereocenters. The Morgan fingerprint density at radius 2 is 0.786 bits per heavy atom. The average Bonchev–Trinajstić information content (AvgIpc) is 3.00. The zero-order valence-electron chi connectivity index (χ0n) is 22.5. The molecule has 0 aliphatic carbocycles. The van der Waals surface area contributed by atoms with E-state index in [1.54, 1.807) is 13.8 Å². The van der Waals surface area contributed by atoms with Crippen LogP contribution in [0, 0.1) is 0 Å². The minimum atomic E-state index is -0.628. The van der Waals surface area contributed by atoms with Crippen LogP contribution in [0.1, 0.15) is 76.0 Å². The van der Waals surface area contributed by atoms with Gasteiger partial charge >= 0.3 is 11.9 Å². The zero-order chi connectivity index (χ0) is 29.7. The molecule has 4 aromatic rings. The number of benzene rings is 4. The molecule has 0 saturated heterocycles. The monoisotopic (exact) mass is 562 g/mol. The van der Waals surface area contributed by atoms with E-state index in [0.29, 0.717) is 0 Å². The molecule has 0 unspecified atom stereocenters. The maximum atomic E-state index is 13.6. The Morgan fingerprint density at radius 3 is 1.05 bits per heavy atom. The lowest BCUT2D eigenvalue weighted by atomic mass is 9.85. The Hall–Kier alpha value is -5.64. The van der Waals surface area contributed by atoms with Crippen molar-refractivity contribution in [3.63, 3.8) is 0 Å². The highest BCUT2D eigenvalue weighted by molar-refractivity contribution is 6.42. The number of hydrogen-bond acceptors (Lipinski definition) is 8. The quantitative estimate of drug-likeness (QED) is 0.242. The lowest BCUT2D eigenvalue weighted by molar-refractivity contribution is 0.0517. The van der Waals surface area contributed by atoms with Gasteiger partial charge in [0.25, 0.3) is 23.6 Å². The lowest BCUT2D eigenvalue weighted by Gasteiger charge is -2.32. The average molecular weight is 563 g/mol. The highest BCUT2D eigenvalue weighted by atomic mass is 16.5. The number of carbonyl (C=O) groups is 6. The van der Waals surface area contributed by atoms with E-state index in [0.717, 1.165) is 9.80 Å². The second-order valence-electron chi connectivity index (χ2n) is 9.50. The van der Waals surface area contributed by atoms with Crippen LogP contribution in [0.25, 0.3) is 10.8 Å². The molecule has 2 heterocycles. The van der Waals surface area contributed by atoms with Crippen LogP contribution >= 0.6 is 0 Å². The number of amides is 4. The molecule has 0 bridgehead atoms. The molecule has 2 aliphatic rings. The first-order valence-corrected chi connectivity index (χ1v) is 13.2. The van der Waals surface area contributed by atoms with Crippen molar-refractivity contribution in [2.45, 2.75) is 13.8 Å². The molecular weight excluding hydrogens is 540 g/mol. The van der Waals surface area contributed by atoms with E-state index in [4.69, 9.17) is 9.47 Å². The second kappa shape index (κ2) is 10.1. The zero-order valence-corrected chi connectivity index (χ0v) is 22.5. The summed E-state index contributed by atoms with van der Waals surface area (Å²) in [5, 5.41) is 0.469. The summed E-state index contributed by atoms with van der Waals surface area (Å²) in [6, 6.07) is 17.7. The second-order valence-corrected chi connectivity index (χ2v) is 9.50. The maximum Gasteiger partial charge on any atom is 0.338 e. The van der Waals surface area contributed by atoms with Gasteiger partial charge in [0.15, 0.2) is 0 Å². The van der Waals surface area contributed by atoms with Crippen LogP contribution in [0.4, 0.5) is 11.4 Å². The number of rotatable bonds is 6. The van der Waals surface area contributed by atoms with E-state index in [2.05, 4.69) is 0 Å². The van der Waals surface area contributed by atoms with Gasteiger partial charge in [0.1, 0.15) is 0 Å². The first kappa shape index (κ1) is 26.6. The van der Waals surface area contributed by atoms with Crippen molar-refractivity contribution in [3.8, 4) is 0 Å². The molecule has 0 N–H and O–H groups in total. The molecule has 42 heavy (non-hydrogen) atoms. The van der Waals surface area contributed by atoms with E-state index < -0.39 is 35.6 Å². The van der Waals surface area contributed by atoms with Gasteiger partial charge in [0.2, 0.25) is 0 Å². The lowest BCUT2D eigenvalue weighted by Crippen LogP contribution is -2.43. The number of nitrogens with zero attached hydrogens (tertiary/aromatic N) is 2. The number of anilines is 2. The summed E-state index contributed by atoms with van der Waals surface area (Å²) < 4.78 is 9.98. The van der Waals surface area contributed by atoms with Crippen molar-refractivity contribution in [2.24, 2.45) is 0 Å². The molecule has 4 aromatic carbocycles. The SMILES string of the molecule is CCOC(=O)c1ccc(N2C(=O)c3ccc4c5c(ccc(c35)C2=O)C(=O)N(c2ccc(C(=O)OCC)cc2)C4=O)cc1. The molecule has 10 nitrogen and oxygen atoms in total. The van der Waals surface area contributed by atoms with Gasteiger partial charge < -0.3 is 9.47 Å². The van der Waals surface area contributed by atoms with Crippen molar-refractivity contribution >= 4 is 57.7 Å². The van der Waals surface area contributed by atoms with Gasteiger partial charge in [0, 0.05) is 33.0 Å². The summed E-state index contributed by atoms with van der Waals surface area (Å²) in [7, 11) is 0. The minimum absolute atomic E-state index is 0.160. The number of ether oxygens (including phenoxy) is 2. The molecule has 0 saturated carbocycles. The standard InChI is InChI=1S/C32H22N2O8/c1-3-41-31(39)17-5-9-19(10-6-17)33-27(35)21-13-15-23-26-24(16-14-22(25(21)26)28(33)36)30(38)34(29(23)37)20-11-7-18(8-12-20)32(40)42-4-2/h5-16H,3-4H2,1-2H3. The maximum absolute atomic E-state index is 13.6. The van der Waals surface area contributed by atoms with E-state index in [1.165, 1.54) is 72.8 Å². The molecule has 0 spiro atoms. The van der Waals surface area contributed by atoms with Gasteiger partial charge in [-0.05, 0) is 86.6 Å². The van der Waals surface area contributed by atoms with E-state index in [9.17, 15) is 28.8 Å². The summed E-state index contributed by atoms with van der Waals surface area (Å²) in [6.45, 7) is 3.79. The summed E-state index contributed by atoms with van der Waals surface area (Å²) in [6.07, 6.45) is 0. The highest BCUT2D eigenvalue weighted by Crippen LogP contribution is 2.40. The molecular formula is C32H22N2O8. The van der Waals surface area contributed by atoms with Gasteiger partial charge in [0.05, 0.1) is 35.7 Å². The molecule has 0 aromatic heterocycles. The molecule has 4 amide bonds. The summed E-state index contributed by atoms with van der Waals surface area (Å²) in [5.41, 5.74) is 1.69. The van der Waals surface area contributed by atoms with E-state index >= 15 is 0 Å². The minimum Gasteiger partial charge on any atom is -0.462 e. The Balaban J connectivity index is 1.39. The smallest absolute Gasteiger partial charge is 0.338 e. The third-order valence-electron chi connectivity index (χ3n) is 7.17. The molecule has 0 radical (unpaired) electrons. The topological polar surface area (TPSA) is 127 Å². The van der Waals surface area contributed by atoms with Crippen molar-refractivity contribution < 1.29 is 38.2 Å². The third kappa shape index (κ3) is 3.95. The highest BCUT2D eigenvalue weighted by Gasteiger charge is 2.40. The van der Waals surface area contributed by atoms with Crippen LogP contribution in [0.15, 0.2) is 72.8 Å². The van der Waals surface area contributed by atoms with Crippen molar-refractivity contribution in [3.05, 3.63) is 106 Å². The molecule has 2 aliphatic heterocycles. The predicted octanol–water partition coefficient (Wildman–Crippen LogP) is 4.79. The summed E-state index contributed by atoms with van der Waals surface area (Å²) >= 11 is 0. The first-order valence-electron chi connectivity index (χ1n) is 13.2. The van der Waals surface area contributed by atoms with Crippen LogP contribution in [-0.4, -0.2) is 48.8 Å². The van der Waals surface area contributed by atoms with Crippen LogP contribution in [-0.2, 0) is 9.47 Å². The van der Waals surface area contributed by atoms with E-state index in [1.807, 2.05) is 0 Å². The number of carbonyl (C=O) groups excluding carboxylic acids is 6. The Kier molecular flexibility index (Phi) is 6.38. The van der Waals surface area contributed by atoms with Crippen LogP contribution < -0.4 is 9.80 Å². The normalized spacial score (nSPS) is 14.0. The van der Waals surface area contributed by atoms with Crippen molar-refractivity contribution in [1.29, 1.82) is 0 Å². The first-order chi connectivity index (χ1) is 20.3. The fraction of sp³-hybridized carbons (Fsp3) is 0.125. The third-order valence-corrected chi connectivity index (χ3v) is 7.17. The Labute approximate surface area is 239 Å². The Morgan fingerprint density at radius 1 is 0.500 bits per heavy atom. The molecule has 208 valence electrons. The number of esters is 2. The fourth-order valence-electron chi connectivity index (χ4n) is 5.27. The van der Waals surface area contributed by atoms with Gasteiger partial charge in [-0.3, -0.25) is 19.2 Å². The predicted molar refractivity (Wildman–Crippen MR) is 151 cm³/mol. The van der Waals surface area contributed by atoms with Gasteiger partial charge in [-0.2, -0.15) is 0 Å². The summed E-state index contributed by atoms with van der Waals surface area (Å²) in [4.78, 5) is 80.6. The van der Waals surface area contributed by atoms with Crippen molar-refractivity contribution in [1.82, 2.24) is 0 Å². The molecule has 10 heteroatoms. The van der Waals surface area contributed by atoms with E-state index in [-0.39, 0.29) is 68.7 Å². The largest absolute Gasteiger partial charge is 0.462 e. The Bertz CT molecular complexity index is 1650. The van der Waals surface area contributed by atoms with Crippen LogP contribution in [0.2, 0.25) is 0 Å². The molecule has 6 rings (SSSR count). The van der Waals surface area contributed by atoms with Crippen LogP contribution in [0.3, 0.4) is 0 Å². The van der Waals surface area contributed by atoms with Gasteiger partial charge in [-0.15, -0.1) is 0 Å². The number of imide groups is 2. The van der Waals surface area contributed by atoms with Crippen molar-refractivity contribution in [2.75, 3.05) is 23.0 Å². The molecule has 0 fully saturated rings.